The summed E-state index contributed by atoms with van der Waals surface area (Å²) in [5.74, 6) is -0.0888. The Kier molecular flexibility index (Phi) is 5.31. The number of amides is 3. The maximum Gasteiger partial charge on any atom is 0.320 e. The van der Waals surface area contributed by atoms with Crippen LogP contribution in [0.15, 0.2) is 30.3 Å². The molecule has 1 N–H and O–H groups in total. The molecule has 3 atom stereocenters. The van der Waals surface area contributed by atoms with Crippen LogP contribution in [0.5, 0.6) is 0 Å². The molecule has 3 saturated heterocycles. The molecule has 4 rings (SSSR count). The van der Waals surface area contributed by atoms with E-state index in [0.717, 1.165) is 32.6 Å². The normalized spacial score (nSPS) is 27.7. The molecule has 146 valence electrons. The number of fused-ring (bicyclic) bond motifs is 1. The number of piperazine rings is 1. The van der Waals surface area contributed by atoms with Gasteiger partial charge >= 0.3 is 6.03 Å². The van der Waals surface area contributed by atoms with Crippen LogP contribution in [-0.2, 0) is 9.53 Å². The first-order valence-electron chi connectivity index (χ1n) is 9.85. The maximum atomic E-state index is 12.9. The van der Waals surface area contributed by atoms with Gasteiger partial charge in [0.25, 0.3) is 0 Å². The molecule has 0 aromatic heterocycles. The number of rotatable bonds is 2. The highest BCUT2D eigenvalue weighted by atomic mass is 16.5. The van der Waals surface area contributed by atoms with Crippen molar-refractivity contribution in [1.82, 2.24) is 20.0 Å². The van der Waals surface area contributed by atoms with Gasteiger partial charge in [-0.2, -0.15) is 0 Å². The summed E-state index contributed by atoms with van der Waals surface area (Å²) in [6.07, 6.45) is 0.817. The summed E-state index contributed by atoms with van der Waals surface area (Å²) in [6, 6.07) is 10.9. The fourth-order valence-corrected chi connectivity index (χ4v) is 4.32. The third-order valence-electron chi connectivity index (χ3n) is 6.01. The Balaban J connectivity index is 1.30. The second-order valence-corrected chi connectivity index (χ2v) is 7.65. The van der Waals surface area contributed by atoms with Crippen LogP contribution < -0.4 is 5.32 Å². The van der Waals surface area contributed by atoms with Crippen LogP contribution >= 0.6 is 0 Å². The first-order chi connectivity index (χ1) is 13.1. The lowest BCUT2D eigenvalue weighted by molar-refractivity contribution is -0.139. The van der Waals surface area contributed by atoms with Crippen molar-refractivity contribution in [1.29, 1.82) is 0 Å². The zero-order valence-corrected chi connectivity index (χ0v) is 15.8. The Morgan fingerprint density at radius 1 is 1.11 bits per heavy atom. The Morgan fingerprint density at radius 3 is 2.59 bits per heavy atom. The maximum absolute atomic E-state index is 12.9. The molecule has 1 aromatic carbocycles. The SMILES string of the molecule is CC(c1ccccc1)N1CCN(C(=O)N2CCC3OCC(=O)N[C@@H]3C2)CC1. The number of urea groups is 1. The van der Waals surface area contributed by atoms with Crippen molar-refractivity contribution < 1.29 is 14.3 Å². The molecule has 7 nitrogen and oxygen atoms in total. The van der Waals surface area contributed by atoms with Crippen LogP contribution in [0, 0.1) is 0 Å². The summed E-state index contributed by atoms with van der Waals surface area (Å²) >= 11 is 0. The van der Waals surface area contributed by atoms with E-state index in [-0.39, 0.29) is 30.7 Å². The molecule has 7 heteroatoms. The predicted molar refractivity (Wildman–Crippen MR) is 101 cm³/mol. The molecule has 3 aliphatic rings. The number of hydrogen-bond donors (Lipinski definition) is 1. The van der Waals surface area contributed by atoms with Crippen LogP contribution in [0.3, 0.4) is 0 Å². The van der Waals surface area contributed by atoms with Crippen molar-refractivity contribution in [3.05, 3.63) is 35.9 Å². The van der Waals surface area contributed by atoms with Crippen molar-refractivity contribution in [2.75, 3.05) is 45.9 Å². The van der Waals surface area contributed by atoms with E-state index in [2.05, 4.69) is 41.4 Å². The van der Waals surface area contributed by atoms with Crippen molar-refractivity contribution in [2.24, 2.45) is 0 Å². The topological polar surface area (TPSA) is 65.1 Å². The van der Waals surface area contributed by atoms with Crippen LogP contribution in [0.2, 0.25) is 0 Å². The molecule has 0 radical (unpaired) electrons. The van der Waals surface area contributed by atoms with Crippen molar-refractivity contribution >= 4 is 11.9 Å². The molecule has 2 unspecified atom stereocenters. The minimum Gasteiger partial charge on any atom is -0.366 e. The first kappa shape index (κ1) is 18.3. The highest BCUT2D eigenvalue weighted by Gasteiger charge is 2.38. The van der Waals surface area contributed by atoms with Gasteiger partial charge in [-0.3, -0.25) is 9.69 Å². The molecule has 0 saturated carbocycles. The van der Waals surface area contributed by atoms with E-state index in [1.54, 1.807) is 0 Å². The Morgan fingerprint density at radius 2 is 1.85 bits per heavy atom. The van der Waals surface area contributed by atoms with Gasteiger partial charge < -0.3 is 19.9 Å². The molecule has 3 heterocycles. The van der Waals surface area contributed by atoms with Crippen molar-refractivity contribution in [3.63, 3.8) is 0 Å². The van der Waals surface area contributed by atoms with Gasteiger partial charge in [0.2, 0.25) is 5.91 Å². The number of piperidine rings is 1. The molecule has 0 aliphatic carbocycles. The summed E-state index contributed by atoms with van der Waals surface area (Å²) in [7, 11) is 0. The minimum absolute atomic E-state index is 0.0373. The second-order valence-electron chi connectivity index (χ2n) is 7.65. The third-order valence-corrected chi connectivity index (χ3v) is 6.01. The zero-order valence-electron chi connectivity index (χ0n) is 15.8. The lowest BCUT2D eigenvalue weighted by Crippen LogP contribution is -2.63. The van der Waals surface area contributed by atoms with Gasteiger partial charge in [-0.25, -0.2) is 4.79 Å². The number of benzene rings is 1. The average molecular weight is 372 g/mol. The van der Waals surface area contributed by atoms with E-state index < -0.39 is 0 Å². The molecule has 3 fully saturated rings. The predicted octanol–water partition coefficient (Wildman–Crippen LogP) is 1.07. The van der Waals surface area contributed by atoms with E-state index in [0.29, 0.717) is 19.1 Å². The number of carbonyl (C=O) groups is 2. The van der Waals surface area contributed by atoms with Crippen LogP contribution in [0.25, 0.3) is 0 Å². The molecular weight excluding hydrogens is 344 g/mol. The molecular formula is C20H28N4O3. The summed E-state index contributed by atoms with van der Waals surface area (Å²) in [5, 5.41) is 2.96. The Bertz CT molecular complexity index is 675. The van der Waals surface area contributed by atoms with E-state index in [1.807, 2.05) is 15.9 Å². The molecule has 0 spiro atoms. The van der Waals surface area contributed by atoms with Gasteiger partial charge in [-0.05, 0) is 18.9 Å². The third kappa shape index (κ3) is 3.94. The monoisotopic (exact) mass is 372 g/mol. The van der Waals surface area contributed by atoms with Crippen LogP contribution in [0.1, 0.15) is 24.9 Å². The van der Waals surface area contributed by atoms with Gasteiger partial charge in [0.15, 0.2) is 0 Å². The first-order valence-corrected chi connectivity index (χ1v) is 9.85. The van der Waals surface area contributed by atoms with E-state index >= 15 is 0 Å². The summed E-state index contributed by atoms with van der Waals surface area (Å²) in [6.45, 7) is 6.82. The highest BCUT2D eigenvalue weighted by Crippen LogP contribution is 2.23. The van der Waals surface area contributed by atoms with E-state index in [4.69, 9.17) is 4.74 Å². The fourth-order valence-electron chi connectivity index (χ4n) is 4.32. The van der Waals surface area contributed by atoms with Crippen LogP contribution in [-0.4, -0.2) is 84.7 Å². The zero-order chi connectivity index (χ0) is 18.8. The molecule has 3 aliphatic heterocycles. The molecule has 0 bridgehead atoms. The number of morpholine rings is 1. The number of hydrogen-bond acceptors (Lipinski definition) is 4. The Hall–Kier alpha value is -2.12. The number of nitrogens with zero attached hydrogens (tertiary/aromatic N) is 3. The average Bonchev–Trinajstić information content (AvgIpc) is 2.73. The largest absolute Gasteiger partial charge is 0.366 e. The van der Waals surface area contributed by atoms with Crippen molar-refractivity contribution in [2.45, 2.75) is 31.5 Å². The van der Waals surface area contributed by atoms with Gasteiger partial charge in [-0.1, -0.05) is 30.3 Å². The van der Waals surface area contributed by atoms with E-state index in [9.17, 15) is 9.59 Å². The molecule has 3 amide bonds. The van der Waals surface area contributed by atoms with Gasteiger partial charge in [0.05, 0.1) is 12.1 Å². The van der Waals surface area contributed by atoms with Crippen molar-refractivity contribution in [3.8, 4) is 0 Å². The summed E-state index contributed by atoms with van der Waals surface area (Å²) < 4.78 is 5.58. The number of nitrogens with one attached hydrogen (secondary N) is 1. The van der Waals surface area contributed by atoms with Gasteiger partial charge in [0, 0.05) is 45.3 Å². The molecule has 27 heavy (non-hydrogen) atoms. The van der Waals surface area contributed by atoms with E-state index in [1.165, 1.54) is 5.56 Å². The fraction of sp³-hybridized carbons (Fsp3) is 0.600. The summed E-state index contributed by atoms with van der Waals surface area (Å²) in [4.78, 5) is 30.7. The highest BCUT2D eigenvalue weighted by molar-refractivity contribution is 5.79. The minimum atomic E-state index is -0.0888. The lowest BCUT2D eigenvalue weighted by atomic mass is 10.0. The number of carbonyl (C=O) groups excluding carboxylic acids is 2. The summed E-state index contributed by atoms with van der Waals surface area (Å²) in [5.41, 5.74) is 1.31. The number of ether oxygens (including phenoxy) is 1. The molecule has 1 aromatic rings. The smallest absolute Gasteiger partial charge is 0.320 e. The van der Waals surface area contributed by atoms with Gasteiger partial charge in [0.1, 0.15) is 6.61 Å². The second kappa shape index (κ2) is 7.86. The Labute approximate surface area is 160 Å². The number of likely N-dealkylation sites (tertiary alicyclic amines) is 1. The van der Waals surface area contributed by atoms with Gasteiger partial charge in [-0.15, -0.1) is 0 Å². The quantitative estimate of drug-likeness (QED) is 0.844. The standard InChI is InChI=1S/C20H28N4O3/c1-15(16-5-3-2-4-6-16)22-9-11-23(12-10-22)20(26)24-8-7-18-17(13-24)21-19(25)14-27-18/h2-6,15,17-18H,7-14H2,1H3,(H,21,25)/t15?,17-,18?/m1/s1. The lowest BCUT2D eigenvalue weighted by Gasteiger charge is -2.44. The van der Waals surface area contributed by atoms with Crippen LogP contribution in [0.4, 0.5) is 4.79 Å².